The van der Waals surface area contributed by atoms with Crippen molar-refractivity contribution < 1.29 is 19.1 Å². The summed E-state index contributed by atoms with van der Waals surface area (Å²) in [6.45, 7) is 1.86. The number of carbonyl (C=O) groups is 3. The number of fused-ring (bicyclic) bond motifs is 1. The number of hydrogen-bond donors (Lipinski definition) is 0. The van der Waals surface area contributed by atoms with E-state index in [0.29, 0.717) is 10.4 Å². The van der Waals surface area contributed by atoms with Gasteiger partial charge in [0.1, 0.15) is 0 Å². The van der Waals surface area contributed by atoms with E-state index in [1.54, 1.807) is 22.8 Å². The van der Waals surface area contributed by atoms with E-state index in [0.717, 1.165) is 36.1 Å². The van der Waals surface area contributed by atoms with Crippen LogP contribution >= 0.6 is 23.1 Å². The minimum absolute atomic E-state index is 0.0760. The molecule has 0 saturated carbocycles. The number of piperidine rings is 1. The number of aromatic nitrogens is 1. The average Bonchev–Trinajstić information content (AvgIpc) is 3.10. The lowest BCUT2D eigenvalue weighted by atomic mass is 10.1. The zero-order valence-electron chi connectivity index (χ0n) is 16.8. The first-order chi connectivity index (χ1) is 14.5. The normalized spacial score (nSPS) is 14.5. The number of terminal acetylenes is 1. The van der Waals surface area contributed by atoms with Gasteiger partial charge in [0.25, 0.3) is 5.91 Å². The lowest BCUT2D eigenvalue weighted by Gasteiger charge is -2.26. The van der Waals surface area contributed by atoms with Crippen LogP contribution in [0.2, 0.25) is 0 Å². The van der Waals surface area contributed by atoms with Gasteiger partial charge >= 0.3 is 5.97 Å². The third-order valence-corrected chi connectivity index (χ3v) is 6.68. The molecule has 7 nitrogen and oxygen atoms in total. The van der Waals surface area contributed by atoms with Crippen LogP contribution in [-0.2, 0) is 20.9 Å². The Kier molecular flexibility index (Phi) is 7.71. The summed E-state index contributed by atoms with van der Waals surface area (Å²) in [5, 5.41) is 0. The number of likely N-dealkylation sites (tertiary alicyclic amines) is 1. The Bertz CT molecular complexity index is 1060. The molecule has 1 aliphatic heterocycles. The highest BCUT2D eigenvalue weighted by Gasteiger charge is 2.17. The summed E-state index contributed by atoms with van der Waals surface area (Å²) in [5.41, 5.74) is 1.22. The maximum atomic E-state index is 12.4. The molecule has 1 aliphatic rings. The molecule has 30 heavy (non-hydrogen) atoms. The van der Waals surface area contributed by atoms with Crippen molar-refractivity contribution in [1.29, 1.82) is 0 Å². The predicted molar refractivity (Wildman–Crippen MR) is 118 cm³/mol. The number of esters is 1. The molecule has 0 aliphatic carbocycles. The van der Waals surface area contributed by atoms with Crippen molar-refractivity contribution in [2.24, 2.45) is 4.99 Å². The molecule has 0 radical (unpaired) electrons. The molecular weight excluding hydrogens is 422 g/mol. The summed E-state index contributed by atoms with van der Waals surface area (Å²) >= 11 is 2.56. The van der Waals surface area contributed by atoms with Crippen molar-refractivity contribution in [3.8, 4) is 12.3 Å². The van der Waals surface area contributed by atoms with Gasteiger partial charge in [-0.3, -0.25) is 9.59 Å². The zero-order chi connectivity index (χ0) is 21.5. The lowest BCUT2D eigenvalue weighted by molar-refractivity contribution is -0.129. The van der Waals surface area contributed by atoms with Crippen molar-refractivity contribution in [2.45, 2.75) is 25.8 Å². The van der Waals surface area contributed by atoms with Gasteiger partial charge in [0.05, 0.1) is 40.9 Å². The molecule has 2 heterocycles. The Morgan fingerprint density at radius 2 is 2.00 bits per heavy atom. The molecule has 0 unspecified atom stereocenters. The number of amides is 2. The number of hydrogen-bond acceptors (Lipinski definition) is 6. The van der Waals surface area contributed by atoms with Crippen molar-refractivity contribution in [3.05, 3.63) is 28.6 Å². The van der Waals surface area contributed by atoms with Crippen molar-refractivity contribution in [2.75, 3.05) is 31.7 Å². The first-order valence-corrected chi connectivity index (χ1v) is 11.6. The Balaban J connectivity index is 1.72. The molecule has 2 amide bonds. The quantitative estimate of drug-likeness (QED) is 0.503. The minimum atomic E-state index is -0.432. The van der Waals surface area contributed by atoms with E-state index < -0.39 is 5.97 Å². The number of ether oxygens (including phenoxy) is 1. The molecule has 2 aromatic rings. The lowest BCUT2D eigenvalue weighted by Crippen LogP contribution is -2.36. The SMILES string of the molecule is C#CCn1c(=NC(=O)CSCC(=O)N2CCCCC2)sc2cc(C(=O)OC)ccc21. The number of methoxy groups -OCH3 is 1. The van der Waals surface area contributed by atoms with Crippen LogP contribution in [-0.4, -0.2) is 59.0 Å². The largest absolute Gasteiger partial charge is 0.465 e. The van der Waals surface area contributed by atoms with Crippen LogP contribution in [0.5, 0.6) is 0 Å². The smallest absolute Gasteiger partial charge is 0.337 e. The second-order valence-electron chi connectivity index (χ2n) is 6.79. The van der Waals surface area contributed by atoms with Gasteiger partial charge in [0.2, 0.25) is 5.91 Å². The van der Waals surface area contributed by atoms with E-state index in [1.807, 2.05) is 4.90 Å². The van der Waals surface area contributed by atoms with Crippen molar-refractivity contribution in [3.63, 3.8) is 0 Å². The molecule has 0 spiro atoms. The molecule has 1 aromatic carbocycles. The molecule has 1 aromatic heterocycles. The van der Waals surface area contributed by atoms with E-state index in [-0.39, 0.29) is 29.9 Å². The number of benzene rings is 1. The van der Waals surface area contributed by atoms with E-state index in [2.05, 4.69) is 10.9 Å². The molecule has 0 bridgehead atoms. The fraction of sp³-hybridized carbons (Fsp3) is 0.429. The maximum absolute atomic E-state index is 12.4. The Morgan fingerprint density at radius 1 is 1.23 bits per heavy atom. The highest BCUT2D eigenvalue weighted by Crippen LogP contribution is 2.20. The van der Waals surface area contributed by atoms with Crippen LogP contribution in [0.1, 0.15) is 29.6 Å². The third-order valence-electron chi connectivity index (χ3n) is 4.73. The predicted octanol–water partition coefficient (Wildman–Crippen LogP) is 2.30. The molecule has 1 fully saturated rings. The second kappa shape index (κ2) is 10.5. The van der Waals surface area contributed by atoms with Gasteiger partial charge in [0, 0.05) is 13.1 Å². The standard InChI is InChI=1S/C21H23N3O4S2/c1-3-9-24-16-8-7-15(20(27)28-2)12-17(16)30-21(24)22-18(25)13-29-14-19(26)23-10-5-4-6-11-23/h1,7-8,12H,4-6,9-11,13-14H2,2H3. The summed E-state index contributed by atoms with van der Waals surface area (Å²) in [4.78, 5) is 42.9. The van der Waals surface area contributed by atoms with Gasteiger partial charge in [0.15, 0.2) is 4.80 Å². The van der Waals surface area contributed by atoms with Crippen LogP contribution in [0.15, 0.2) is 23.2 Å². The second-order valence-corrected chi connectivity index (χ2v) is 8.78. The fourth-order valence-corrected chi connectivity index (χ4v) is 5.03. The molecule has 0 N–H and O–H groups in total. The number of nitrogens with zero attached hydrogens (tertiary/aromatic N) is 3. The summed E-state index contributed by atoms with van der Waals surface area (Å²) in [7, 11) is 1.33. The Morgan fingerprint density at radius 3 is 2.70 bits per heavy atom. The zero-order valence-corrected chi connectivity index (χ0v) is 18.4. The topological polar surface area (TPSA) is 81.0 Å². The van der Waals surface area contributed by atoms with Gasteiger partial charge < -0.3 is 14.2 Å². The van der Waals surface area contributed by atoms with Crippen LogP contribution in [0.4, 0.5) is 0 Å². The summed E-state index contributed by atoms with van der Waals surface area (Å²) in [6.07, 6.45) is 8.74. The highest BCUT2D eigenvalue weighted by molar-refractivity contribution is 8.00. The van der Waals surface area contributed by atoms with E-state index in [4.69, 9.17) is 11.2 Å². The number of thiazole rings is 1. The monoisotopic (exact) mass is 445 g/mol. The minimum Gasteiger partial charge on any atom is -0.465 e. The fourth-order valence-electron chi connectivity index (χ4n) is 3.25. The van der Waals surface area contributed by atoms with Crippen LogP contribution in [0.3, 0.4) is 0 Å². The van der Waals surface area contributed by atoms with Gasteiger partial charge in [-0.15, -0.1) is 18.2 Å². The van der Waals surface area contributed by atoms with E-state index in [9.17, 15) is 14.4 Å². The van der Waals surface area contributed by atoms with Gasteiger partial charge in [-0.2, -0.15) is 4.99 Å². The van der Waals surface area contributed by atoms with Gasteiger partial charge in [-0.25, -0.2) is 4.79 Å². The van der Waals surface area contributed by atoms with E-state index in [1.165, 1.54) is 36.6 Å². The summed E-state index contributed by atoms with van der Waals surface area (Å²) < 4.78 is 7.31. The first kappa shape index (κ1) is 22.1. The Hall–Kier alpha value is -2.57. The van der Waals surface area contributed by atoms with Gasteiger partial charge in [-0.1, -0.05) is 17.3 Å². The van der Waals surface area contributed by atoms with Crippen LogP contribution in [0, 0.1) is 12.3 Å². The molecule has 158 valence electrons. The number of carbonyl (C=O) groups excluding carboxylic acids is 3. The van der Waals surface area contributed by atoms with E-state index >= 15 is 0 Å². The van der Waals surface area contributed by atoms with Crippen LogP contribution in [0.25, 0.3) is 10.2 Å². The molecular formula is C21H23N3O4S2. The highest BCUT2D eigenvalue weighted by atomic mass is 32.2. The van der Waals surface area contributed by atoms with Crippen molar-refractivity contribution >= 4 is 51.1 Å². The Labute approximate surface area is 183 Å². The average molecular weight is 446 g/mol. The van der Waals surface area contributed by atoms with Crippen molar-refractivity contribution in [1.82, 2.24) is 9.47 Å². The molecule has 1 saturated heterocycles. The first-order valence-electron chi connectivity index (χ1n) is 9.61. The third kappa shape index (κ3) is 5.32. The summed E-state index contributed by atoms with van der Waals surface area (Å²) in [5.74, 6) is 2.29. The number of thioether (sulfide) groups is 1. The number of rotatable bonds is 6. The molecule has 3 rings (SSSR count). The molecule has 0 atom stereocenters. The maximum Gasteiger partial charge on any atom is 0.337 e. The van der Waals surface area contributed by atoms with Crippen LogP contribution < -0.4 is 4.80 Å². The van der Waals surface area contributed by atoms with Gasteiger partial charge in [-0.05, 0) is 37.5 Å². The molecule has 9 heteroatoms. The summed E-state index contributed by atoms with van der Waals surface area (Å²) in [6, 6.07) is 5.13.